The molecule has 0 atom stereocenters. The molecule has 0 saturated carbocycles. The standard InChI is InChI=1S/C12H6ClF3N2O2/c13-7-2-1-3-8(17-7)18-12(20)5-4-6(14)10(16)11(19)9(5)15/h1-4,19H,(H,17,18,20). The molecule has 0 fully saturated rings. The number of carbonyl (C=O) groups excluding carboxylic acids is 1. The van der Waals surface area contributed by atoms with Crippen molar-refractivity contribution in [2.24, 2.45) is 0 Å². The van der Waals surface area contributed by atoms with Crippen LogP contribution in [0.3, 0.4) is 0 Å². The number of benzene rings is 1. The highest BCUT2D eigenvalue weighted by molar-refractivity contribution is 6.29. The summed E-state index contributed by atoms with van der Waals surface area (Å²) in [5.41, 5.74) is -0.858. The first-order valence-corrected chi connectivity index (χ1v) is 5.58. The van der Waals surface area contributed by atoms with E-state index in [9.17, 15) is 18.0 Å². The summed E-state index contributed by atoms with van der Waals surface area (Å²) in [6.07, 6.45) is 0. The van der Waals surface area contributed by atoms with Crippen LogP contribution in [0.4, 0.5) is 19.0 Å². The van der Waals surface area contributed by atoms with E-state index >= 15 is 0 Å². The molecule has 4 nitrogen and oxygen atoms in total. The molecule has 2 N–H and O–H groups in total. The Kier molecular flexibility index (Phi) is 3.80. The minimum Gasteiger partial charge on any atom is -0.503 e. The maximum absolute atomic E-state index is 13.5. The summed E-state index contributed by atoms with van der Waals surface area (Å²) in [5.74, 6) is -7.55. The maximum atomic E-state index is 13.5. The second kappa shape index (κ2) is 5.38. The molecule has 2 rings (SSSR count). The van der Waals surface area contributed by atoms with Crippen molar-refractivity contribution < 1.29 is 23.1 Å². The lowest BCUT2D eigenvalue weighted by Crippen LogP contribution is -2.15. The molecule has 1 aromatic carbocycles. The van der Waals surface area contributed by atoms with Gasteiger partial charge in [-0.3, -0.25) is 4.79 Å². The molecule has 0 aliphatic heterocycles. The van der Waals surface area contributed by atoms with Crippen molar-refractivity contribution in [3.8, 4) is 5.75 Å². The third-order valence-electron chi connectivity index (χ3n) is 2.33. The van der Waals surface area contributed by atoms with Crippen molar-refractivity contribution in [2.75, 3.05) is 5.32 Å². The molecular formula is C12H6ClF3N2O2. The number of hydrogen-bond donors (Lipinski definition) is 2. The van der Waals surface area contributed by atoms with Crippen molar-refractivity contribution >= 4 is 23.3 Å². The number of phenolic OH excluding ortho intramolecular Hbond substituents is 1. The number of hydrogen-bond acceptors (Lipinski definition) is 3. The van der Waals surface area contributed by atoms with Crippen molar-refractivity contribution in [3.63, 3.8) is 0 Å². The highest BCUT2D eigenvalue weighted by atomic mass is 35.5. The number of aromatic nitrogens is 1. The Morgan fingerprint density at radius 2 is 1.95 bits per heavy atom. The quantitative estimate of drug-likeness (QED) is 0.662. The van der Waals surface area contributed by atoms with E-state index in [4.69, 9.17) is 16.7 Å². The molecule has 0 bridgehead atoms. The van der Waals surface area contributed by atoms with Crippen LogP contribution in [0.1, 0.15) is 10.4 Å². The monoisotopic (exact) mass is 302 g/mol. The first kappa shape index (κ1) is 14.1. The molecule has 2 aromatic rings. The zero-order valence-electron chi connectivity index (χ0n) is 9.62. The maximum Gasteiger partial charge on any atom is 0.260 e. The highest BCUT2D eigenvalue weighted by Crippen LogP contribution is 2.26. The first-order chi connectivity index (χ1) is 9.40. The fourth-order valence-electron chi connectivity index (χ4n) is 1.42. The highest BCUT2D eigenvalue weighted by Gasteiger charge is 2.22. The van der Waals surface area contributed by atoms with Crippen LogP contribution in [0.25, 0.3) is 0 Å². The van der Waals surface area contributed by atoms with Gasteiger partial charge in [-0.2, -0.15) is 4.39 Å². The number of anilines is 1. The van der Waals surface area contributed by atoms with Crippen molar-refractivity contribution in [3.05, 3.63) is 52.4 Å². The van der Waals surface area contributed by atoms with E-state index < -0.39 is 34.7 Å². The van der Waals surface area contributed by atoms with E-state index in [0.29, 0.717) is 6.07 Å². The third kappa shape index (κ3) is 2.67. The van der Waals surface area contributed by atoms with Gasteiger partial charge in [0.2, 0.25) is 5.82 Å². The number of rotatable bonds is 2. The van der Waals surface area contributed by atoms with E-state index in [1.165, 1.54) is 18.2 Å². The summed E-state index contributed by atoms with van der Waals surface area (Å²) < 4.78 is 39.5. The predicted octanol–water partition coefficient (Wildman–Crippen LogP) is 3.11. The SMILES string of the molecule is O=C(Nc1cccc(Cl)n1)c1cc(F)c(F)c(O)c1F. The Morgan fingerprint density at radius 1 is 1.25 bits per heavy atom. The van der Waals surface area contributed by atoms with Crippen LogP contribution in [0.15, 0.2) is 24.3 Å². The Labute approximate surface area is 115 Å². The summed E-state index contributed by atoms with van der Waals surface area (Å²) in [7, 11) is 0. The van der Waals surface area contributed by atoms with Gasteiger partial charge in [-0.05, 0) is 18.2 Å². The summed E-state index contributed by atoms with van der Waals surface area (Å²) in [4.78, 5) is 15.4. The van der Waals surface area contributed by atoms with Gasteiger partial charge in [-0.25, -0.2) is 13.8 Å². The van der Waals surface area contributed by atoms with Crippen molar-refractivity contribution in [1.29, 1.82) is 0 Å². The number of nitrogens with zero attached hydrogens (tertiary/aromatic N) is 1. The van der Waals surface area contributed by atoms with Gasteiger partial charge >= 0.3 is 0 Å². The number of phenols is 1. The van der Waals surface area contributed by atoms with Crippen LogP contribution in [-0.2, 0) is 0 Å². The molecule has 0 saturated heterocycles. The van der Waals surface area contributed by atoms with Gasteiger partial charge in [0.1, 0.15) is 11.0 Å². The van der Waals surface area contributed by atoms with Gasteiger partial charge in [0, 0.05) is 0 Å². The number of aromatic hydroxyl groups is 1. The van der Waals surface area contributed by atoms with Gasteiger partial charge < -0.3 is 10.4 Å². The van der Waals surface area contributed by atoms with Crippen LogP contribution in [0, 0.1) is 17.5 Å². The molecular weight excluding hydrogens is 297 g/mol. The average Bonchev–Trinajstić information content (AvgIpc) is 2.40. The summed E-state index contributed by atoms with van der Waals surface area (Å²) in [6.45, 7) is 0. The van der Waals surface area contributed by atoms with Gasteiger partial charge in [0.15, 0.2) is 17.4 Å². The van der Waals surface area contributed by atoms with E-state index in [1.54, 1.807) is 0 Å². The zero-order valence-corrected chi connectivity index (χ0v) is 10.4. The topological polar surface area (TPSA) is 62.2 Å². The lowest BCUT2D eigenvalue weighted by molar-refractivity contribution is 0.102. The van der Waals surface area contributed by atoms with Gasteiger partial charge in [-0.15, -0.1) is 0 Å². The van der Waals surface area contributed by atoms with Crippen LogP contribution in [0.5, 0.6) is 5.75 Å². The molecule has 20 heavy (non-hydrogen) atoms. The average molecular weight is 303 g/mol. The molecule has 1 aromatic heterocycles. The molecule has 0 unspecified atom stereocenters. The second-order valence-corrected chi connectivity index (χ2v) is 4.07. The molecule has 0 radical (unpaired) electrons. The molecule has 1 amide bonds. The normalized spacial score (nSPS) is 10.4. The van der Waals surface area contributed by atoms with E-state index in [0.717, 1.165) is 0 Å². The van der Waals surface area contributed by atoms with Crippen LogP contribution >= 0.6 is 11.6 Å². The number of halogens is 4. The second-order valence-electron chi connectivity index (χ2n) is 3.68. The first-order valence-electron chi connectivity index (χ1n) is 5.20. The largest absolute Gasteiger partial charge is 0.503 e. The lowest BCUT2D eigenvalue weighted by Gasteiger charge is -2.07. The lowest BCUT2D eigenvalue weighted by atomic mass is 10.1. The van der Waals surface area contributed by atoms with E-state index in [1.807, 2.05) is 0 Å². The number of pyridine rings is 1. The van der Waals surface area contributed by atoms with E-state index in [2.05, 4.69) is 10.3 Å². The van der Waals surface area contributed by atoms with Crippen molar-refractivity contribution in [1.82, 2.24) is 4.98 Å². The fraction of sp³-hybridized carbons (Fsp3) is 0. The molecule has 0 spiro atoms. The van der Waals surface area contributed by atoms with E-state index in [-0.39, 0.29) is 11.0 Å². The van der Waals surface area contributed by atoms with Crippen LogP contribution < -0.4 is 5.32 Å². The van der Waals surface area contributed by atoms with Crippen LogP contribution in [0.2, 0.25) is 5.15 Å². The Bertz CT molecular complexity index is 695. The van der Waals surface area contributed by atoms with Crippen LogP contribution in [-0.4, -0.2) is 16.0 Å². The number of carbonyl (C=O) groups is 1. The third-order valence-corrected chi connectivity index (χ3v) is 2.54. The molecule has 8 heteroatoms. The smallest absolute Gasteiger partial charge is 0.260 e. The Balaban J connectivity index is 2.35. The van der Waals surface area contributed by atoms with Gasteiger partial charge in [0.05, 0.1) is 5.56 Å². The van der Waals surface area contributed by atoms with Gasteiger partial charge in [0.25, 0.3) is 5.91 Å². The van der Waals surface area contributed by atoms with Crippen molar-refractivity contribution in [2.45, 2.75) is 0 Å². The summed E-state index contributed by atoms with van der Waals surface area (Å²) in [5, 5.41) is 11.2. The summed E-state index contributed by atoms with van der Waals surface area (Å²) in [6, 6.07) is 4.62. The zero-order chi connectivity index (χ0) is 14.9. The number of nitrogens with one attached hydrogen (secondary N) is 1. The summed E-state index contributed by atoms with van der Waals surface area (Å²) >= 11 is 5.59. The molecule has 0 aliphatic carbocycles. The minimum absolute atomic E-state index is 0.00822. The van der Waals surface area contributed by atoms with Gasteiger partial charge in [-0.1, -0.05) is 17.7 Å². The molecule has 1 heterocycles. The fourth-order valence-corrected chi connectivity index (χ4v) is 1.58. The minimum atomic E-state index is -1.76. The molecule has 0 aliphatic rings. The molecule has 104 valence electrons. The number of amides is 1. The predicted molar refractivity (Wildman–Crippen MR) is 65.2 cm³/mol. The Hall–Kier alpha value is -2.28. The Morgan fingerprint density at radius 3 is 2.60 bits per heavy atom.